The fraction of sp³-hybridized carbons (Fsp3) is 0.0769. The average molecular weight is 357 g/mol. The summed E-state index contributed by atoms with van der Waals surface area (Å²) in [5.74, 6) is -1.25. The Morgan fingerprint density at radius 2 is 1.96 bits per heavy atom. The van der Waals surface area contributed by atoms with Crippen LogP contribution in [0.3, 0.4) is 0 Å². The van der Waals surface area contributed by atoms with E-state index in [-0.39, 0.29) is 15.8 Å². The van der Waals surface area contributed by atoms with Gasteiger partial charge < -0.3 is 4.42 Å². The lowest BCUT2D eigenvalue weighted by Crippen LogP contribution is -2.12. The second-order valence-corrected chi connectivity index (χ2v) is 7.47. The predicted octanol–water partition coefficient (Wildman–Crippen LogP) is 3.19. The van der Waals surface area contributed by atoms with Gasteiger partial charge in [0.25, 0.3) is 15.9 Å². The maximum absolute atomic E-state index is 13.6. The molecule has 0 radical (unpaired) electrons. The van der Waals surface area contributed by atoms with Gasteiger partial charge in [0.1, 0.15) is 15.8 Å². The van der Waals surface area contributed by atoms with E-state index in [1.54, 1.807) is 6.92 Å². The van der Waals surface area contributed by atoms with E-state index in [2.05, 4.69) is 14.9 Å². The normalized spacial score (nSPS) is 11.6. The SMILES string of the molecule is Cc1nnc(-c2ccc(S(=O)(=O)Nc3ccc(F)cc3F)s2)o1. The van der Waals surface area contributed by atoms with E-state index in [0.29, 0.717) is 16.8 Å². The number of anilines is 1. The number of thiophene rings is 1. The summed E-state index contributed by atoms with van der Waals surface area (Å²) in [6, 6.07) is 5.41. The zero-order chi connectivity index (χ0) is 16.6. The van der Waals surface area contributed by atoms with Crippen molar-refractivity contribution < 1.29 is 21.6 Å². The van der Waals surface area contributed by atoms with E-state index in [1.165, 1.54) is 12.1 Å². The molecule has 0 aliphatic carbocycles. The van der Waals surface area contributed by atoms with E-state index in [9.17, 15) is 17.2 Å². The molecular formula is C13H9F2N3O3S2. The first-order valence-corrected chi connectivity index (χ1v) is 8.53. The van der Waals surface area contributed by atoms with Crippen LogP contribution in [-0.2, 0) is 10.0 Å². The zero-order valence-electron chi connectivity index (χ0n) is 11.6. The summed E-state index contributed by atoms with van der Waals surface area (Å²) in [7, 11) is -4.01. The predicted molar refractivity (Wildman–Crippen MR) is 79.5 cm³/mol. The molecule has 0 saturated carbocycles. The first kappa shape index (κ1) is 15.6. The number of aryl methyl sites for hydroxylation is 1. The molecule has 2 heterocycles. The third-order valence-electron chi connectivity index (χ3n) is 2.76. The van der Waals surface area contributed by atoms with Crippen molar-refractivity contribution in [1.29, 1.82) is 0 Å². The van der Waals surface area contributed by atoms with Crippen LogP contribution in [0.4, 0.5) is 14.5 Å². The molecule has 3 aromatic rings. The highest BCUT2D eigenvalue weighted by atomic mass is 32.2. The molecule has 0 bridgehead atoms. The molecule has 6 nitrogen and oxygen atoms in total. The first-order valence-electron chi connectivity index (χ1n) is 6.23. The molecule has 1 aromatic carbocycles. The second kappa shape index (κ2) is 5.70. The Labute approximate surface area is 133 Å². The molecule has 23 heavy (non-hydrogen) atoms. The highest BCUT2D eigenvalue weighted by molar-refractivity contribution is 7.94. The van der Waals surface area contributed by atoms with Gasteiger partial charge in [-0.3, -0.25) is 4.72 Å². The molecule has 0 fully saturated rings. The molecule has 10 heteroatoms. The number of sulfonamides is 1. The molecule has 1 N–H and O–H groups in total. The van der Waals surface area contributed by atoms with E-state index in [0.717, 1.165) is 23.5 Å². The summed E-state index contributed by atoms with van der Waals surface area (Å²) in [6.45, 7) is 1.61. The average Bonchev–Trinajstić information content (AvgIpc) is 3.10. The Hall–Kier alpha value is -2.33. The Morgan fingerprint density at radius 1 is 1.17 bits per heavy atom. The van der Waals surface area contributed by atoms with E-state index in [4.69, 9.17) is 4.42 Å². The molecule has 0 aliphatic heterocycles. The summed E-state index contributed by atoms with van der Waals surface area (Å²) < 4.78 is 58.2. The van der Waals surface area contributed by atoms with Crippen molar-refractivity contribution in [2.45, 2.75) is 11.1 Å². The molecule has 0 amide bonds. The van der Waals surface area contributed by atoms with Gasteiger partial charge in [0, 0.05) is 13.0 Å². The van der Waals surface area contributed by atoms with Crippen molar-refractivity contribution in [3.05, 3.63) is 47.9 Å². The van der Waals surface area contributed by atoms with Gasteiger partial charge in [-0.2, -0.15) is 0 Å². The number of rotatable bonds is 4. The summed E-state index contributed by atoms with van der Waals surface area (Å²) in [5, 5.41) is 7.46. The van der Waals surface area contributed by atoms with Gasteiger partial charge in [-0.15, -0.1) is 21.5 Å². The minimum absolute atomic E-state index is 0.0629. The van der Waals surface area contributed by atoms with E-state index < -0.39 is 21.7 Å². The van der Waals surface area contributed by atoms with Gasteiger partial charge in [-0.25, -0.2) is 17.2 Å². The van der Waals surface area contributed by atoms with Crippen LogP contribution in [-0.4, -0.2) is 18.6 Å². The molecule has 0 spiro atoms. The van der Waals surface area contributed by atoms with Crippen LogP contribution in [0.25, 0.3) is 10.8 Å². The van der Waals surface area contributed by atoms with Crippen molar-refractivity contribution in [3.63, 3.8) is 0 Å². The highest BCUT2D eigenvalue weighted by Crippen LogP contribution is 2.31. The van der Waals surface area contributed by atoms with Crippen LogP contribution < -0.4 is 4.72 Å². The minimum Gasteiger partial charge on any atom is -0.420 e. The number of benzene rings is 1. The molecule has 0 unspecified atom stereocenters. The van der Waals surface area contributed by atoms with Gasteiger partial charge in [-0.05, 0) is 24.3 Å². The maximum Gasteiger partial charge on any atom is 0.271 e. The zero-order valence-corrected chi connectivity index (χ0v) is 13.2. The largest absolute Gasteiger partial charge is 0.420 e. The van der Waals surface area contributed by atoms with Crippen LogP contribution in [0.15, 0.2) is 39.0 Å². The monoisotopic (exact) mass is 357 g/mol. The Kier molecular flexibility index (Phi) is 3.86. The van der Waals surface area contributed by atoms with Gasteiger partial charge in [0.15, 0.2) is 0 Å². The van der Waals surface area contributed by atoms with Crippen molar-refractivity contribution in [2.24, 2.45) is 0 Å². The summed E-state index contributed by atoms with van der Waals surface area (Å²) in [4.78, 5) is 0.463. The molecule has 120 valence electrons. The number of nitrogens with one attached hydrogen (secondary N) is 1. The summed E-state index contributed by atoms with van der Waals surface area (Å²) in [6.07, 6.45) is 0. The van der Waals surface area contributed by atoms with Crippen LogP contribution in [0, 0.1) is 18.6 Å². The summed E-state index contributed by atoms with van der Waals surface area (Å²) >= 11 is 0.891. The third-order valence-corrected chi connectivity index (χ3v) is 5.69. The van der Waals surface area contributed by atoms with Crippen molar-refractivity contribution in [3.8, 4) is 10.8 Å². The first-order chi connectivity index (χ1) is 10.8. The lowest BCUT2D eigenvalue weighted by molar-refractivity contribution is 0.534. The van der Waals surface area contributed by atoms with Crippen molar-refractivity contribution >= 4 is 27.0 Å². The molecule has 0 aliphatic rings. The van der Waals surface area contributed by atoms with E-state index >= 15 is 0 Å². The molecule has 0 atom stereocenters. The van der Waals surface area contributed by atoms with E-state index in [1.807, 2.05) is 0 Å². The fourth-order valence-corrected chi connectivity index (χ4v) is 4.04. The summed E-state index contributed by atoms with van der Waals surface area (Å²) in [5.41, 5.74) is -0.338. The molecule has 3 rings (SSSR count). The number of halogens is 2. The Balaban J connectivity index is 1.89. The van der Waals surface area contributed by atoms with Crippen molar-refractivity contribution in [2.75, 3.05) is 4.72 Å². The number of nitrogens with zero attached hydrogens (tertiary/aromatic N) is 2. The van der Waals surface area contributed by atoms with Gasteiger partial charge >= 0.3 is 0 Å². The Morgan fingerprint density at radius 3 is 2.61 bits per heavy atom. The van der Waals surface area contributed by atoms with Gasteiger partial charge in [-0.1, -0.05) is 0 Å². The molecular weight excluding hydrogens is 348 g/mol. The number of hydrogen-bond acceptors (Lipinski definition) is 6. The quantitative estimate of drug-likeness (QED) is 0.775. The second-order valence-electron chi connectivity index (χ2n) is 4.47. The molecule has 0 saturated heterocycles. The van der Waals surface area contributed by atoms with Crippen LogP contribution in [0.2, 0.25) is 0 Å². The fourth-order valence-electron chi connectivity index (χ4n) is 1.74. The Bertz CT molecular complexity index is 967. The standard InChI is InChI=1S/C13H9F2N3O3S2/c1-7-16-17-13(21-7)11-4-5-12(22-11)23(19,20)18-10-3-2-8(14)6-9(10)15/h2-6,18H,1H3. The van der Waals surface area contributed by atoms with Crippen LogP contribution >= 0.6 is 11.3 Å². The van der Waals surface area contributed by atoms with Crippen LogP contribution in [0.5, 0.6) is 0 Å². The number of aromatic nitrogens is 2. The highest BCUT2D eigenvalue weighted by Gasteiger charge is 2.20. The smallest absolute Gasteiger partial charge is 0.271 e. The number of hydrogen-bond donors (Lipinski definition) is 1. The van der Waals surface area contributed by atoms with Crippen molar-refractivity contribution in [1.82, 2.24) is 10.2 Å². The van der Waals surface area contributed by atoms with Gasteiger partial charge in [0.05, 0.1) is 10.6 Å². The third kappa shape index (κ3) is 3.22. The maximum atomic E-state index is 13.6. The van der Waals surface area contributed by atoms with Gasteiger partial charge in [0.2, 0.25) is 5.89 Å². The lowest BCUT2D eigenvalue weighted by atomic mass is 10.3. The lowest BCUT2D eigenvalue weighted by Gasteiger charge is -2.07. The van der Waals surface area contributed by atoms with Crippen LogP contribution in [0.1, 0.15) is 5.89 Å². The minimum atomic E-state index is -4.01. The topological polar surface area (TPSA) is 85.1 Å². The molecule has 2 aromatic heterocycles.